The zero-order valence-electron chi connectivity index (χ0n) is 11.7. The molecule has 1 saturated carbocycles. The molecule has 0 bridgehead atoms. The smallest absolute Gasteiger partial charge is 0.0842 e. The second-order valence-electron chi connectivity index (χ2n) is 5.58. The Morgan fingerprint density at radius 2 is 2.17 bits per heavy atom. The van der Waals surface area contributed by atoms with Gasteiger partial charge in [-0.25, -0.2) is 0 Å². The van der Waals surface area contributed by atoms with Crippen LogP contribution in [0.4, 0.5) is 0 Å². The van der Waals surface area contributed by atoms with E-state index in [-0.39, 0.29) is 0 Å². The number of aromatic nitrogens is 3. The van der Waals surface area contributed by atoms with Crippen molar-refractivity contribution >= 4 is 0 Å². The Labute approximate surface area is 110 Å². The van der Waals surface area contributed by atoms with Gasteiger partial charge in [0, 0.05) is 25.7 Å². The average Bonchev–Trinajstić information content (AvgIpc) is 2.76. The molecule has 0 spiro atoms. The maximum absolute atomic E-state index is 4.20. The van der Waals surface area contributed by atoms with Crippen molar-refractivity contribution in [2.45, 2.75) is 57.9 Å². The van der Waals surface area contributed by atoms with E-state index in [1.54, 1.807) is 4.68 Å². The zero-order valence-corrected chi connectivity index (χ0v) is 11.7. The predicted octanol–water partition coefficient (Wildman–Crippen LogP) is 2.31. The van der Waals surface area contributed by atoms with Crippen LogP contribution in [0.3, 0.4) is 0 Å². The number of hydrogen-bond acceptors (Lipinski definition) is 3. The Morgan fingerprint density at radius 3 is 2.78 bits per heavy atom. The lowest BCUT2D eigenvalue weighted by molar-refractivity contribution is 0.297. The molecule has 1 atom stereocenters. The van der Waals surface area contributed by atoms with Gasteiger partial charge < -0.3 is 5.32 Å². The predicted molar refractivity (Wildman–Crippen MR) is 73.4 cm³/mol. The van der Waals surface area contributed by atoms with E-state index in [4.69, 9.17) is 0 Å². The van der Waals surface area contributed by atoms with Gasteiger partial charge in [-0.05, 0) is 18.9 Å². The highest BCUT2D eigenvalue weighted by atomic mass is 15.4. The number of rotatable bonds is 6. The van der Waals surface area contributed by atoms with Gasteiger partial charge in [0.05, 0.1) is 5.69 Å². The standard InChI is InChI=1S/C14H26N4/c1-3-15-13(9-12-7-5-4-6-8-12)10-14-11-18(2)17-16-14/h11-13,15H,3-10H2,1-2H3. The van der Waals surface area contributed by atoms with Crippen LogP contribution in [0.25, 0.3) is 0 Å². The van der Waals surface area contributed by atoms with Crippen molar-refractivity contribution in [3.8, 4) is 0 Å². The van der Waals surface area contributed by atoms with Gasteiger partial charge in [-0.3, -0.25) is 4.68 Å². The molecule has 1 N–H and O–H groups in total. The Kier molecular flexibility index (Phi) is 5.17. The molecule has 0 aromatic carbocycles. The van der Waals surface area contributed by atoms with Crippen molar-refractivity contribution in [3.63, 3.8) is 0 Å². The molecule has 1 aromatic rings. The van der Waals surface area contributed by atoms with Crippen molar-refractivity contribution in [2.24, 2.45) is 13.0 Å². The summed E-state index contributed by atoms with van der Waals surface area (Å²) in [5.41, 5.74) is 1.11. The third kappa shape index (κ3) is 4.09. The Hall–Kier alpha value is -0.900. The van der Waals surface area contributed by atoms with Crippen molar-refractivity contribution in [1.29, 1.82) is 0 Å². The fourth-order valence-electron chi connectivity index (χ4n) is 3.09. The first-order valence-corrected chi connectivity index (χ1v) is 7.36. The lowest BCUT2D eigenvalue weighted by Gasteiger charge is -2.26. The molecule has 1 aliphatic rings. The van der Waals surface area contributed by atoms with Crippen LogP contribution in [0.1, 0.15) is 51.1 Å². The highest BCUT2D eigenvalue weighted by Gasteiger charge is 2.19. The number of nitrogens with zero attached hydrogens (tertiary/aromatic N) is 3. The minimum atomic E-state index is 0.565. The van der Waals surface area contributed by atoms with Crippen molar-refractivity contribution in [2.75, 3.05) is 6.54 Å². The van der Waals surface area contributed by atoms with E-state index in [0.717, 1.165) is 24.6 Å². The van der Waals surface area contributed by atoms with E-state index in [1.807, 2.05) is 13.2 Å². The molecular formula is C14H26N4. The molecule has 0 aliphatic heterocycles. The normalized spacial score (nSPS) is 19.0. The van der Waals surface area contributed by atoms with Crippen LogP contribution in [0.15, 0.2) is 6.20 Å². The third-order valence-electron chi connectivity index (χ3n) is 3.94. The van der Waals surface area contributed by atoms with Gasteiger partial charge >= 0.3 is 0 Å². The fraction of sp³-hybridized carbons (Fsp3) is 0.857. The molecule has 2 rings (SSSR count). The minimum Gasteiger partial charge on any atom is -0.314 e. The maximum Gasteiger partial charge on any atom is 0.0842 e. The monoisotopic (exact) mass is 250 g/mol. The fourth-order valence-corrected chi connectivity index (χ4v) is 3.09. The summed E-state index contributed by atoms with van der Waals surface area (Å²) in [5, 5.41) is 11.8. The quantitative estimate of drug-likeness (QED) is 0.842. The lowest BCUT2D eigenvalue weighted by atomic mass is 9.84. The Morgan fingerprint density at radius 1 is 1.39 bits per heavy atom. The van der Waals surface area contributed by atoms with Crippen LogP contribution in [0.2, 0.25) is 0 Å². The highest BCUT2D eigenvalue weighted by molar-refractivity contribution is 4.96. The molecule has 102 valence electrons. The molecule has 1 heterocycles. The van der Waals surface area contributed by atoms with E-state index in [9.17, 15) is 0 Å². The van der Waals surface area contributed by atoms with Crippen LogP contribution in [-0.2, 0) is 13.5 Å². The molecule has 1 unspecified atom stereocenters. The maximum atomic E-state index is 4.20. The Balaban J connectivity index is 1.86. The topological polar surface area (TPSA) is 42.7 Å². The minimum absolute atomic E-state index is 0.565. The second-order valence-corrected chi connectivity index (χ2v) is 5.58. The molecule has 4 heteroatoms. The highest BCUT2D eigenvalue weighted by Crippen LogP contribution is 2.27. The second kappa shape index (κ2) is 6.88. The first-order chi connectivity index (χ1) is 8.78. The summed E-state index contributed by atoms with van der Waals surface area (Å²) >= 11 is 0. The van der Waals surface area contributed by atoms with Gasteiger partial charge in [0.25, 0.3) is 0 Å². The molecule has 1 aliphatic carbocycles. The SMILES string of the molecule is CCNC(Cc1cn(C)nn1)CC1CCCCC1. The first kappa shape index (κ1) is 13.5. The summed E-state index contributed by atoms with van der Waals surface area (Å²) in [6.07, 6.45) is 11.5. The van der Waals surface area contributed by atoms with Gasteiger partial charge in [0.15, 0.2) is 0 Å². The summed E-state index contributed by atoms with van der Waals surface area (Å²) in [6.45, 7) is 3.22. The van der Waals surface area contributed by atoms with Gasteiger partial charge in [-0.2, -0.15) is 0 Å². The van der Waals surface area contributed by atoms with E-state index in [0.29, 0.717) is 6.04 Å². The summed E-state index contributed by atoms with van der Waals surface area (Å²) in [5.74, 6) is 0.916. The van der Waals surface area contributed by atoms with Gasteiger partial charge in [-0.1, -0.05) is 44.2 Å². The van der Waals surface area contributed by atoms with Gasteiger partial charge in [0.1, 0.15) is 0 Å². The summed E-state index contributed by atoms with van der Waals surface area (Å²) in [4.78, 5) is 0. The molecule has 0 amide bonds. The van der Waals surface area contributed by atoms with Crippen LogP contribution in [-0.4, -0.2) is 27.6 Å². The summed E-state index contributed by atoms with van der Waals surface area (Å²) < 4.78 is 1.79. The van der Waals surface area contributed by atoms with E-state index in [1.165, 1.54) is 38.5 Å². The third-order valence-corrected chi connectivity index (χ3v) is 3.94. The summed E-state index contributed by atoms with van der Waals surface area (Å²) in [6, 6.07) is 0.565. The molecule has 0 saturated heterocycles. The number of nitrogens with one attached hydrogen (secondary N) is 1. The van der Waals surface area contributed by atoms with Crippen LogP contribution in [0.5, 0.6) is 0 Å². The van der Waals surface area contributed by atoms with Gasteiger partial charge in [0.2, 0.25) is 0 Å². The average molecular weight is 250 g/mol. The first-order valence-electron chi connectivity index (χ1n) is 7.36. The van der Waals surface area contributed by atoms with Crippen molar-refractivity contribution in [1.82, 2.24) is 20.3 Å². The molecule has 1 aromatic heterocycles. The largest absolute Gasteiger partial charge is 0.314 e. The summed E-state index contributed by atoms with van der Waals surface area (Å²) in [7, 11) is 1.93. The van der Waals surface area contributed by atoms with E-state index in [2.05, 4.69) is 22.6 Å². The number of hydrogen-bond donors (Lipinski definition) is 1. The molecule has 4 nitrogen and oxygen atoms in total. The molecule has 18 heavy (non-hydrogen) atoms. The van der Waals surface area contributed by atoms with Crippen LogP contribution >= 0.6 is 0 Å². The lowest BCUT2D eigenvalue weighted by Crippen LogP contribution is -2.33. The molecule has 0 radical (unpaired) electrons. The molecular weight excluding hydrogens is 224 g/mol. The van der Waals surface area contributed by atoms with E-state index >= 15 is 0 Å². The number of likely N-dealkylation sites (N-methyl/N-ethyl adjacent to an activating group) is 1. The Bertz CT molecular complexity index is 341. The van der Waals surface area contributed by atoms with E-state index < -0.39 is 0 Å². The molecule has 1 fully saturated rings. The zero-order chi connectivity index (χ0) is 12.8. The van der Waals surface area contributed by atoms with Crippen LogP contribution < -0.4 is 5.32 Å². The van der Waals surface area contributed by atoms with Crippen molar-refractivity contribution < 1.29 is 0 Å². The van der Waals surface area contributed by atoms with Crippen LogP contribution in [0, 0.1) is 5.92 Å². The van der Waals surface area contributed by atoms with Crippen molar-refractivity contribution in [3.05, 3.63) is 11.9 Å². The number of aryl methyl sites for hydroxylation is 1. The van der Waals surface area contributed by atoms with Gasteiger partial charge in [-0.15, -0.1) is 5.10 Å².